The molecule has 0 radical (unpaired) electrons. The monoisotopic (exact) mass is 215 g/mol. The number of nitrogens with zero attached hydrogens (tertiary/aromatic N) is 3. The van der Waals surface area contributed by atoms with E-state index in [0.29, 0.717) is 5.92 Å². The molecule has 0 atom stereocenters. The molecule has 0 N–H and O–H groups in total. The van der Waals surface area contributed by atoms with Crippen LogP contribution in [0.25, 0.3) is 0 Å². The lowest BCUT2D eigenvalue weighted by Crippen LogP contribution is -2.08. The molecule has 0 amide bonds. The van der Waals surface area contributed by atoms with Gasteiger partial charge >= 0.3 is 0 Å². The third kappa shape index (κ3) is 1.83. The van der Waals surface area contributed by atoms with Crippen molar-refractivity contribution in [3.63, 3.8) is 0 Å². The van der Waals surface area contributed by atoms with Gasteiger partial charge in [0.05, 0.1) is 0 Å². The molecule has 1 saturated carbocycles. The van der Waals surface area contributed by atoms with Crippen LogP contribution in [0.1, 0.15) is 42.5 Å². The lowest BCUT2D eigenvalue weighted by atomic mass is 9.85. The van der Waals surface area contributed by atoms with Crippen LogP contribution < -0.4 is 0 Å². The molecule has 2 heterocycles. The highest BCUT2D eigenvalue weighted by atomic mass is 16.5. The molecule has 1 aliphatic carbocycles. The van der Waals surface area contributed by atoms with Gasteiger partial charge in [0.25, 0.3) is 0 Å². The van der Waals surface area contributed by atoms with E-state index >= 15 is 0 Å². The third-order valence-electron chi connectivity index (χ3n) is 3.05. The van der Waals surface area contributed by atoms with Crippen molar-refractivity contribution in [3.8, 4) is 0 Å². The molecule has 0 bridgehead atoms. The Kier molecular flexibility index (Phi) is 2.40. The van der Waals surface area contributed by atoms with Crippen LogP contribution in [-0.2, 0) is 6.42 Å². The minimum Gasteiger partial charge on any atom is -0.339 e. The highest BCUT2D eigenvalue weighted by molar-refractivity contribution is 5.15. The number of hydrogen-bond acceptors (Lipinski definition) is 4. The summed E-state index contributed by atoms with van der Waals surface area (Å²) in [5, 5.41) is 4.01. The van der Waals surface area contributed by atoms with Gasteiger partial charge in [0, 0.05) is 24.7 Å². The SMILES string of the molecule is c1cc(Cc2noc(C3CCC3)n2)ccn1. The Labute approximate surface area is 93.7 Å². The summed E-state index contributed by atoms with van der Waals surface area (Å²) in [5.74, 6) is 2.10. The van der Waals surface area contributed by atoms with Crippen molar-refractivity contribution in [1.29, 1.82) is 0 Å². The average Bonchev–Trinajstić information content (AvgIpc) is 2.65. The van der Waals surface area contributed by atoms with Crippen molar-refractivity contribution in [3.05, 3.63) is 41.8 Å². The quantitative estimate of drug-likeness (QED) is 0.788. The van der Waals surface area contributed by atoms with Gasteiger partial charge < -0.3 is 4.52 Å². The van der Waals surface area contributed by atoms with E-state index in [1.807, 2.05) is 12.1 Å². The summed E-state index contributed by atoms with van der Waals surface area (Å²) in [7, 11) is 0. The maximum atomic E-state index is 5.26. The van der Waals surface area contributed by atoms with Crippen LogP contribution in [0, 0.1) is 0 Å². The maximum Gasteiger partial charge on any atom is 0.229 e. The molecule has 4 nitrogen and oxygen atoms in total. The fourth-order valence-electron chi connectivity index (χ4n) is 1.84. The first-order valence-electron chi connectivity index (χ1n) is 5.63. The highest BCUT2D eigenvalue weighted by Gasteiger charge is 2.25. The summed E-state index contributed by atoms with van der Waals surface area (Å²) in [6.45, 7) is 0. The summed E-state index contributed by atoms with van der Waals surface area (Å²) in [6, 6.07) is 3.94. The molecule has 1 aliphatic rings. The second-order valence-electron chi connectivity index (χ2n) is 4.21. The van der Waals surface area contributed by atoms with E-state index in [1.54, 1.807) is 12.4 Å². The smallest absolute Gasteiger partial charge is 0.229 e. The van der Waals surface area contributed by atoms with E-state index in [4.69, 9.17) is 4.52 Å². The van der Waals surface area contributed by atoms with Crippen LogP contribution in [0.2, 0.25) is 0 Å². The second-order valence-corrected chi connectivity index (χ2v) is 4.21. The van der Waals surface area contributed by atoms with Crippen molar-refractivity contribution >= 4 is 0 Å². The van der Waals surface area contributed by atoms with Gasteiger partial charge in [-0.25, -0.2) is 0 Å². The number of pyridine rings is 1. The topological polar surface area (TPSA) is 51.8 Å². The van der Waals surface area contributed by atoms with Crippen LogP contribution >= 0.6 is 0 Å². The number of rotatable bonds is 3. The lowest BCUT2D eigenvalue weighted by Gasteiger charge is -2.20. The van der Waals surface area contributed by atoms with Crippen LogP contribution in [0.3, 0.4) is 0 Å². The maximum absolute atomic E-state index is 5.26. The molecule has 2 aromatic heterocycles. The predicted molar refractivity (Wildman–Crippen MR) is 57.9 cm³/mol. The molecule has 16 heavy (non-hydrogen) atoms. The van der Waals surface area contributed by atoms with E-state index < -0.39 is 0 Å². The van der Waals surface area contributed by atoms with Crippen molar-refractivity contribution < 1.29 is 4.52 Å². The Balaban J connectivity index is 1.73. The molecule has 4 heteroatoms. The average molecular weight is 215 g/mol. The van der Waals surface area contributed by atoms with E-state index in [9.17, 15) is 0 Å². The van der Waals surface area contributed by atoms with Gasteiger partial charge in [-0.1, -0.05) is 11.6 Å². The van der Waals surface area contributed by atoms with Crippen molar-refractivity contribution in [1.82, 2.24) is 15.1 Å². The Morgan fingerprint density at radius 2 is 2.06 bits per heavy atom. The first-order valence-corrected chi connectivity index (χ1v) is 5.63. The van der Waals surface area contributed by atoms with Gasteiger partial charge in [-0.3, -0.25) is 4.98 Å². The van der Waals surface area contributed by atoms with Crippen molar-refractivity contribution in [2.45, 2.75) is 31.6 Å². The Morgan fingerprint density at radius 3 is 2.75 bits per heavy atom. The third-order valence-corrected chi connectivity index (χ3v) is 3.05. The van der Waals surface area contributed by atoms with Crippen LogP contribution in [0.5, 0.6) is 0 Å². The normalized spacial score (nSPS) is 16.0. The zero-order valence-electron chi connectivity index (χ0n) is 8.97. The molecule has 0 unspecified atom stereocenters. The molecular weight excluding hydrogens is 202 g/mol. The van der Waals surface area contributed by atoms with Crippen molar-refractivity contribution in [2.75, 3.05) is 0 Å². The van der Waals surface area contributed by atoms with Gasteiger partial charge in [-0.2, -0.15) is 4.98 Å². The molecule has 0 saturated heterocycles. The fourth-order valence-corrected chi connectivity index (χ4v) is 1.84. The minimum absolute atomic E-state index is 0.513. The van der Waals surface area contributed by atoms with Gasteiger partial charge in [-0.05, 0) is 30.5 Å². The summed E-state index contributed by atoms with van der Waals surface area (Å²) in [6.07, 6.45) is 7.95. The van der Waals surface area contributed by atoms with Crippen LogP contribution in [0.4, 0.5) is 0 Å². The lowest BCUT2D eigenvalue weighted by molar-refractivity contribution is 0.291. The highest BCUT2D eigenvalue weighted by Crippen LogP contribution is 2.35. The largest absolute Gasteiger partial charge is 0.339 e. The number of hydrogen-bond donors (Lipinski definition) is 0. The zero-order chi connectivity index (χ0) is 10.8. The van der Waals surface area contributed by atoms with E-state index in [1.165, 1.54) is 19.3 Å². The summed E-state index contributed by atoms with van der Waals surface area (Å²) in [4.78, 5) is 8.41. The van der Waals surface area contributed by atoms with E-state index in [2.05, 4.69) is 15.1 Å². The van der Waals surface area contributed by atoms with Gasteiger partial charge in [-0.15, -0.1) is 0 Å². The molecule has 0 aliphatic heterocycles. The standard InChI is InChI=1S/C12H13N3O/c1-2-10(3-1)12-14-11(15-16-12)8-9-4-6-13-7-5-9/h4-7,10H,1-3,8H2. The molecule has 0 aromatic carbocycles. The molecule has 3 rings (SSSR count). The van der Waals surface area contributed by atoms with Crippen LogP contribution in [0.15, 0.2) is 29.0 Å². The molecular formula is C12H13N3O. The van der Waals surface area contributed by atoms with Gasteiger partial charge in [0.15, 0.2) is 5.82 Å². The minimum atomic E-state index is 0.513. The first kappa shape index (κ1) is 9.51. The summed E-state index contributed by atoms with van der Waals surface area (Å²) >= 11 is 0. The Bertz CT molecular complexity index is 462. The fraction of sp³-hybridized carbons (Fsp3) is 0.417. The predicted octanol–water partition coefficient (Wildman–Crippen LogP) is 2.32. The molecule has 82 valence electrons. The molecule has 0 spiro atoms. The Morgan fingerprint density at radius 1 is 1.25 bits per heavy atom. The van der Waals surface area contributed by atoms with Gasteiger partial charge in [0.2, 0.25) is 5.89 Å². The first-order chi connectivity index (χ1) is 7.92. The second kappa shape index (κ2) is 4.04. The summed E-state index contributed by atoms with van der Waals surface area (Å²) in [5.41, 5.74) is 1.16. The Hall–Kier alpha value is -1.71. The van der Waals surface area contributed by atoms with E-state index in [0.717, 1.165) is 23.7 Å². The van der Waals surface area contributed by atoms with Crippen LogP contribution in [-0.4, -0.2) is 15.1 Å². The molecule has 2 aromatic rings. The number of aromatic nitrogens is 3. The van der Waals surface area contributed by atoms with E-state index in [-0.39, 0.29) is 0 Å². The zero-order valence-corrected chi connectivity index (χ0v) is 8.97. The molecule has 1 fully saturated rings. The van der Waals surface area contributed by atoms with Gasteiger partial charge in [0.1, 0.15) is 0 Å². The van der Waals surface area contributed by atoms with Crippen molar-refractivity contribution in [2.24, 2.45) is 0 Å². The summed E-state index contributed by atoms with van der Waals surface area (Å²) < 4.78 is 5.26.